The Balaban J connectivity index is 2.09. The third-order valence-corrected chi connectivity index (χ3v) is 5.75. The molecule has 1 aliphatic heterocycles. The van der Waals surface area contributed by atoms with Crippen molar-refractivity contribution in [3.8, 4) is 0 Å². The van der Waals surface area contributed by atoms with Gasteiger partial charge in [-0.2, -0.15) is 17.0 Å². The fourth-order valence-corrected chi connectivity index (χ4v) is 3.60. The maximum absolute atomic E-state index is 12.2. The van der Waals surface area contributed by atoms with Crippen LogP contribution >= 0.6 is 0 Å². The molecular formula is C14H23N3O2S. The first-order valence-electron chi connectivity index (χ1n) is 6.83. The number of hydrogen-bond donors (Lipinski definition) is 0. The lowest BCUT2D eigenvalue weighted by atomic mass is 10.0. The highest BCUT2D eigenvalue weighted by Gasteiger charge is 2.32. The van der Waals surface area contributed by atoms with Crippen molar-refractivity contribution in [1.29, 1.82) is 0 Å². The minimum atomic E-state index is -3.31. The van der Waals surface area contributed by atoms with E-state index >= 15 is 0 Å². The average Bonchev–Trinajstić information content (AvgIpc) is 2.42. The highest BCUT2D eigenvalue weighted by atomic mass is 32.2. The monoisotopic (exact) mass is 297 g/mol. The Kier molecular flexibility index (Phi) is 4.80. The van der Waals surface area contributed by atoms with Crippen LogP contribution in [0, 0.1) is 0 Å². The van der Waals surface area contributed by atoms with Gasteiger partial charge in [-0.3, -0.25) is 0 Å². The first-order valence-corrected chi connectivity index (χ1v) is 8.22. The number of hydrogen-bond acceptors (Lipinski definition) is 3. The van der Waals surface area contributed by atoms with Crippen molar-refractivity contribution >= 4 is 10.2 Å². The molecule has 20 heavy (non-hydrogen) atoms. The molecule has 112 valence electrons. The van der Waals surface area contributed by atoms with Crippen LogP contribution in [-0.4, -0.2) is 68.7 Å². The van der Waals surface area contributed by atoms with E-state index in [1.165, 1.54) is 9.87 Å². The second kappa shape index (κ2) is 6.22. The second-order valence-electron chi connectivity index (χ2n) is 5.47. The van der Waals surface area contributed by atoms with Crippen LogP contribution in [0.1, 0.15) is 5.56 Å². The second-order valence-corrected chi connectivity index (χ2v) is 7.61. The lowest BCUT2D eigenvalue weighted by Gasteiger charge is -2.39. The SMILES string of the molecule is CN1CCN(S(=O)(=O)N(C)C)CC1Cc1ccccc1. The average molecular weight is 297 g/mol. The summed E-state index contributed by atoms with van der Waals surface area (Å²) in [6, 6.07) is 10.4. The maximum atomic E-state index is 12.2. The van der Waals surface area contributed by atoms with E-state index in [0.717, 1.165) is 13.0 Å². The van der Waals surface area contributed by atoms with Gasteiger partial charge in [0.05, 0.1) is 0 Å². The van der Waals surface area contributed by atoms with Gasteiger partial charge in [0.15, 0.2) is 0 Å². The van der Waals surface area contributed by atoms with Crippen LogP contribution in [0.3, 0.4) is 0 Å². The van der Waals surface area contributed by atoms with Crippen LogP contribution in [0.2, 0.25) is 0 Å². The van der Waals surface area contributed by atoms with E-state index in [4.69, 9.17) is 0 Å². The molecule has 0 radical (unpaired) electrons. The topological polar surface area (TPSA) is 43.9 Å². The van der Waals surface area contributed by atoms with E-state index in [0.29, 0.717) is 13.1 Å². The van der Waals surface area contributed by atoms with Crippen molar-refractivity contribution in [3.05, 3.63) is 35.9 Å². The van der Waals surface area contributed by atoms with Crippen molar-refractivity contribution in [2.75, 3.05) is 40.8 Å². The molecule has 6 heteroatoms. The van der Waals surface area contributed by atoms with E-state index in [1.54, 1.807) is 18.4 Å². The lowest BCUT2D eigenvalue weighted by Crippen LogP contribution is -2.56. The van der Waals surface area contributed by atoms with E-state index in [1.807, 2.05) is 18.2 Å². The van der Waals surface area contributed by atoms with E-state index in [9.17, 15) is 8.42 Å². The van der Waals surface area contributed by atoms with E-state index < -0.39 is 10.2 Å². The maximum Gasteiger partial charge on any atom is 0.281 e. The predicted molar refractivity (Wildman–Crippen MR) is 80.7 cm³/mol. The molecule has 1 heterocycles. The van der Waals surface area contributed by atoms with Crippen LogP contribution in [0.4, 0.5) is 0 Å². The summed E-state index contributed by atoms with van der Waals surface area (Å²) in [4.78, 5) is 2.24. The zero-order chi connectivity index (χ0) is 14.8. The molecule has 0 aromatic heterocycles. The number of piperazine rings is 1. The van der Waals surface area contributed by atoms with Crippen molar-refractivity contribution in [1.82, 2.24) is 13.5 Å². The minimum absolute atomic E-state index is 0.223. The van der Waals surface area contributed by atoms with Gasteiger partial charge in [0.2, 0.25) is 0 Å². The van der Waals surface area contributed by atoms with Gasteiger partial charge in [0, 0.05) is 39.8 Å². The smallest absolute Gasteiger partial charge is 0.281 e. The summed E-state index contributed by atoms with van der Waals surface area (Å²) in [6.45, 7) is 1.87. The zero-order valence-electron chi connectivity index (χ0n) is 12.4. The summed E-state index contributed by atoms with van der Waals surface area (Å²) in [6.07, 6.45) is 0.872. The van der Waals surface area contributed by atoms with Gasteiger partial charge in [-0.15, -0.1) is 0 Å². The number of rotatable bonds is 4. The van der Waals surface area contributed by atoms with Crippen molar-refractivity contribution in [2.24, 2.45) is 0 Å². The van der Waals surface area contributed by atoms with Gasteiger partial charge in [-0.25, -0.2) is 0 Å². The first-order chi connectivity index (χ1) is 9.41. The standard InChI is InChI=1S/C14H23N3O2S/c1-15(2)20(18,19)17-10-9-16(3)14(12-17)11-13-7-5-4-6-8-13/h4-8,14H,9-12H2,1-3H3. The summed E-state index contributed by atoms with van der Waals surface area (Å²) in [5.41, 5.74) is 1.24. The fourth-order valence-electron chi connectivity index (χ4n) is 2.46. The van der Waals surface area contributed by atoms with Crippen molar-refractivity contribution in [3.63, 3.8) is 0 Å². The highest BCUT2D eigenvalue weighted by molar-refractivity contribution is 7.86. The highest BCUT2D eigenvalue weighted by Crippen LogP contribution is 2.17. The molecule has 1 fully saturated rings. The van der Waals surface area contributed by atoms with Gasteiger partial charge >= 0.3 is 0 Å². The minimum Gasteiger partial charge on any atom is -0.300 e. The van der Waals surface area contributed by atoms with Crippen molar-refractivity contribution < 1.29 is 8.42 Å². The molecule has 1 aromatic rings. The number of likely N-dealkylation sites (N-methyl/N-ethyl adjacent to an activating group) is 1. The summed E-state index contributed by atoms with van der Waals surface area (Å²) in [5.74, 6) is 0. The molecular weight excluding hydrogens is 274 g/mol. The molecule has 1 unspecified atom stereocenters. The molecule has 0 amide bonds. The van der Waals surface area contributed by atoms with E-state index in [2.05, 4.69) is 24.1 Å². The largest absolute Gasteiger partial charge is 0.300 e. The molecule has 0 aliphatic carbocycles. The molecule has 0 spiro atoms. The fraction of sp³-hybridized carbons (Fsp3) is 0.571. The lowest BCUT2D eigenvalue weighted by molar-refractivity contribution is 0.143. The van der Waals surface area contributed by atoms with Crippen LogP contribution in [0.25, 0.3) is 0 Å². The molecule has 0 bridgehead atoms. The third-order valence-electron chi connectivity index (χ3n) is 3.84. The normalized spacial score (nSPS) is 22.3. The zero-order valence-corrected chi connectivity index (χ0v) is 13.2. The Labute approximate surface area is 122 Å². The van der Waals surface area contributed by atoms with Crippen LogP contribution < -0.4 is 0 Å². The first kappa shape index (κ1) is 15.4. The Bertz CT molecular complexity index is 531. The third kappa shape index (κ3) is 3.38. The Hall–Kier alpha value is -0.950. The van der Waals surface area contributed by atoms with Crippen LogP contribution in [0.5, 0.6) is 0 Å². The van der Waals surface area contributed by atoms with Gasteiger partial charge in [0.25, 0.3) is 10.2 Å². The van der Waals surface area contributed by atoms with E-state index in [-0.39, 0.29) is 6.04 Å². The van der Waals surface area contributed by atoms with Gasteiger partial charge in [-0.05, 0) is 19.0 Å². The Morgan fingerprint density at radius 2 is 1.85 bits per heavy atom. The number of nitrogens with zero attached hydrogens (tertiary/aromatic N) is 3. The summed E-state index contributed by atoms with van der Waals surface area (Å²) in [5, 5.41) is 0. The molecule has 0 saturated carbocycles. The van der Waals surface area contributed by atoms with Gasteiger partial charge in [0.1, 0.15) is 0 Å². The molecule has 5 nitrogen and oxygen atoms in total. The molecule has 1 saturated heterocycles. The molecule has 1 atom stereocenters. The number of benzene rings is 1. The molecule has 0 N–H and O–H groups in total. The van der Waals surface area contributed by atoms with Gasteiger partial charge < -0.3 is 4.90 Å². The van der Waals surface area contributed by atoms with Crippen molar-refractivity contribution in [2.45, 2.75) is 12.5 Å². The summed E-state index contributed by atoms with van der Waals surface area (Å²) < 4.78 is 27.3. The Morgan fingerprint density at radius 3 is 2.45 bits per heavy atom. The predicted octanol–water partition coefficient (Wildman–Crippen LogP) is 0.652. The molecule has 2 rings (SSSR count). The molecule has 1 aromatic carbocycles. The molecule has 1 aliphatic rings. The summed E-state index contributed by atoms with van der Waals surface area (Å²) >= 11 is 0. The Morgan fingerprint density at radius 1 is 1.20 bits per heavy atom. The summed E-state index contributed by atoms with van der Waals surface area (Å²) in [7, 11) is 1.92. The van der Waals surface area contributed by atoms with Gasteiger partial charge in [-0.1, -0.05) is 30.3 Å². The van der Waals surface area contributed by atoms with Crippen LogP contribution in [-0.2, 0) is 16.6 Å². The van der Waals surface area contributed by atoms with Crippen LogP contribution in [0.15, 0.2) is 30.3 Å². The quantitative estimate of drug-likeness (QED) is 0.820.